The first-order chi connectivity index (χ1) is 9.14. The Balaban J connectivity index is 2.50. The van der Waals surface area contributed by atoms with Crippen molar-refractivity contribution in [2.24, 2.45) is 0 Å². The Bertz CT molecular complexity index is 321. The minimum Gasteiger partial charge on any atom is -0.387 e. The van der Waals surface area contributed by atoms with Crippen molar-refractivity contribution in [3.05, 3.63) is 0 Å². The molecule has 4 atom stereocenters. The van der Waals surface area contributed by atoms with Gasteiger partial charge in [-0.05, 0) is 54.6 Å². The van der Waals surface area contributed by atoms with Crippen LogP contribution < -0.4 is 5.32 Å². The van der Waals surface area contributed by atoms with Crippen molar-refractivity contribution in [2.75, 3.05) is 27.2 Å². The van der Waals surface area contributed by atoms with E-state index in [0.29, 0.717) is 18.6 Å². The number of nitrogens with one attached hydrogen (secondary N) is 1. The standard InChI is InChI=1S/C15H31N3O2/c1-11-7-8-12(2)18(11)13(3)14(19)16-9-15(4,20)10-17(5)6/h11-13,20H,7-10H2,1-6H3,(H,16,19)/t11-,12+,13-,15-/m1/s1. The van der Waals surface area contributed by atoms with Gasteiger partial charge in [0, 0.05) is 25.2 Å². The zero-order valence-electron chi connectivity index (χ0n) is 13.8. The minimum absolute atomic E-state index is 0.00429. The van der Waals surface area contributed by atoms with E-state index in [2.05, 4.69) is 24.1 Å². The lowest BCUT2D eigenvalue weighted by molar-refractivity contribution is -0.128. The summed E-state index contributed by atoms with van der Waals surface area (Å²) in [7, 11) is 3.82. The Labute approximate surface area is 123 Å². The molecule has 0 aromatic rings. The third kappa shape index (κ3) is 4.72. The summed E-state index contributed by atoms with van der Waals surface area (Å²) in [5, 5.41) is 13.1. The monoisotopic (exact) mass is 285 g/mol. The Kier molecular flexibility index (Phi) is 5.98. The quantitative estimate of drug-likeness (QED) is 0.753. The summed E-state index contributed by atoms with van der Waals surface area (Å²) in [5.41, 5.74) is -0.902. The van der Waals surface area contributed by atoms with E-state index in [1.807, 2.05) is 25.9 Å². The number of amides is 1. The molecular formula is C15H31N3O2. The fourth-order valence-corrected chi connectivity index (χ4v) is 3.28. The molecule has 118 valence electrons. The molecule has 5 heteroatoms. The molecule has 1 amide bonds. The summed E-state index contributed by atoms with van der Waals surface area (Å²) in [6.45, 7) is 8.86. The summed E-state index contributed by atoms with van der Waals surface area (Å²) < 4.78 is 0. The van der Waals surface area contributed by atoms with E-state index in [1.165, 1.54) is 0 Å². The average molecular weight is 285 g/mol. The maximum atomic E-state index is 12.3. The second-order valence-corrected chi connectivity index (χ2v) is 6.85. The SMILES string of the molecule is C[C@@H]1CC[C@H](C)N1[C@H](C)C(=O)NC[C@@](C)(O)CN(C)C. The first-order valence-electron chi connectivity index (χ1n) is 7.56. The molecule has 1 rings (SSSR count). The van der Waals surface area contributed by atoms with Gasteiger partial charge in [0.1, 0.15) is 0 Å². The zero-order chi connectivity index (χ0) is 15.5. The molecule has 1 heterocycles. The number of aliphatic hydroxyl groups is 1. The maximum absolute atomic E-state index is 12.3. The number of carbonyl (C=O) groups is 1. The van der Waals surface area contributed by atoms with Gasteiger partial charge in [-0.3, -0.25) is 9.69 Å². The Morgan fingerprint density at radius 1 is 1.40 bits per heavy atom. The van der Waals surface area contributed by atoms with Gasteiger partial charge in [-0.1, -0.05) is 0 Å². The molecule has 0 spiro atoms. The molecule has 0 aromatic carbocycles. The third-order valence-electron chi connectivity index (χ3n) is 4.15. The molecule has 1 aliphatic heterocycles. The van der Waals surface area contributed by atoms with Crippen molar-refractivity contribution < 1.29 is 9.90 Å². The van der Waals surface area contributed by atoms with Crippen LogP contribution in [-0.4, -0.2) is 71.7 Å². The molecule has 5 nitrogen and oxygen atoms in total. The van der Waals surface area contributed by atoms with E-state index in [1.54, 1.807) is 6.92 Å². The fourth-order valence-electron chi connectivity index (χ4n) is 3.28. The first-order valence-corrected chi connectivity index (χ1v) is 7.56. The van der Waals surface area contributed by atoms with Crippen molar-refractivity contribution in [1.82, 2.24) is 15.1 Å². The van der Waals surface area contributed by atoms with Crippen LogP contribution in [-0.2, 0) is 4.79 Å². The molecule has 0 radical (unpaired) electrons. The van der Waals surface area contributed by atoms with Crippen LogP contribution in [0.15, 0.2) is 0 Å². The summed E-state index contributed by atoms with van der Waals surface area (Å²) in [6.07, 6.45) is 2.30. The number of carbonyl (C=O) groups excluding carboxylic acids is 1. The molecule has 1 fully saturated rings. The average Bonchev–Trinajstić information content (AvgIpc) is 2.63. The van der Waals surface area contributed by atoms with Crippen molar-refractivity contribution in [3.8, 4) is 0 Å². The lowest BCUT2D eigenvalue weighted by Crippen LogP contribution is -2.53. The summed E-state index contributed by atoms with van der Waals surface area (Å²) in [6, 6.07) is 0.763. The predicted molar refractivity (Wildman–Crippen MR) is 81.6 cm³/mol. The van der Waals surface area contributed by atoms with Gasteiger partial charge in [0.2, 0.25) is 5.91 Å². The number of likely N-dealkylation sites (N-methyl/N-ethyl adjacent to an activating group) is 1. The van der Waals surface area contributed by atoms with Crippen LogP contribution in [0.5, 0.6) is 0 Å². The highest BCUT2D eigenvalue weighted by molar-refractivity contribution is 5.81. The molecule has 2 N–H and O–H groups in total. The molecule has 0 bridgehead atoms. The first kappa shape index (κ1) is 17.4. The van der Waals surface area contributed by atoms with Crippen molar-refractivity contribution in [2.45, 2.75) is 64.3 Å². The van der Waals surface area contributed by atoms with Gasteiger partial charge in [0.25, 0.3) is 0 Å². The number of rotatable bonds is 6. The van der Waals surface area contributed by atoms with E-state index in [-0.39, 0.29) is 18.5 Å². The van der Waals surface area contributed by atoms with Crippen LogP contribution in [0.3, 0.4) is 0 Å². The van der Waals surface area contributed by atoms with E-state index < -0.39 is 5.60 Å². The number of hydrogen-bond donors (Lipinski definition) is 2. The van der Waals surface area contributed by atoms with E-state index >= 15 is 0 Å². The number of nitrogens with zero attached hydrogens (tertiary/aromatic N) is 2. The highest BCUT2D eigenvalue weighted by atomic mass is 16.3. The maximum Gasteiger partial charge on any atom is 0.237 e. The number of likely N-dealkylation sites (tertiary alicyclic amines) is 1. The molecule has 0 aromatic heterocycles. The second kappa shape index (κ2) is 6.87. The lowest BCUT2D eigenvalue weighted by atomic mass is 10.1. The summed E-state index contributed by atoms with van der Waals surface area (Å²) >= 11 is 0. The van der Waals surface area contributed by atoms with Crippen LogP contribution >= 0.6 is 0 Å². The van der Waals surface area contributed by atoms with Crippen LogP contribution in [0, 0.1) is 0 Å². The zero-order valence-corrected chi connectivity index (χ0v) is 13.8. The Morgan fingerprint density at radius 2 is 1.90 bits per heavy atom. The minimum atomic E-state index is -0.902. The molecule has 1 saturated heterocycles. The van der Waals surface area contributed by atoms with E-state index in [9.17, 15) is 9.90 Å². The largest absolute Gasteiger partial charge is 0.387 e. The van der Waals surface area contributed by atoms with Crippen molar-refractivity contribution >= 4 is 5.91 Å². The van der Waals surface area contributed by atoms with Gasteiger partial charge in [-0.2, -0.15) is 0 Å². The Morgan fingerprint density at radius 3 is 2.35 bits per heavy atom. The van der Waals surface area contributed by atoms with Crippen LogP contribution in [0.4, 0.5) is 0 Å². The van der Waals surface area contributed by atoms with Gasteiger partial charge < -0.3 is 15.3 Å². The van der Waals surface area contributed by atoms with Crippen molar-refractivity contribution in [1.29, 1.82) is 0 Å². The molecule has 20 heavy (non-hydrogen) atoms. The van der Waals surface area contributed by atoms with Crippen molar-refractivity contribution in [3.63, 3.8) is 0 Å². The highest BCUT2D eigenvalue weighted by Crippen LogP contribution is 2.25. The molecular weight excluding hydrogens is 254 g/mol. The predicted octanol–water partition coefficient (Wildman–Crippen LogP) is 0.677. The lowest BCUT2D eigenvalue weighted by Gasteiger charge is -2.33. The van der Waals surface area contributed by atoms with Gasteiger partial charge in [-0.25, -0.2) is 0 Å². The highest BCUT2D eigenvalue weighted by Gasteiger charge is 2.34. The molecule has 1 aliphatic rings. The smallest absolute Gasteiger partial charge is 0.237 e. The van der Waals surface area contributed by atoms with Gasteiger partial charge in [0.15, 0.2) is 0 Å². The normalized spacial score (nSPS) is 28.4. The number of hydrogen-bond acceptors (Lipinski definition) is 4. The van der Waals surface area contributed by atoms with E-state index in [4.69, 9.17) is 0 Å². The van der Waals surface area contributed by atoms with E-state index in [0.717, 1.165) is 12.8 Å². The van der Waals surface area contributed by atoms with Gasteiger partial charge in [-0.15, -0.1) is 0 Å². The van der Waals surface area contributed by atoms with Crippen LogP contribution in [0.1, 0.15) is 40.5 Å². The summed E-state index contributed by atoms with van der Waals surface area (Å²) in [4.78, 5) is 16.5. The molecule has 0 aliphatic carbocycles. The summed E-state index contributed by atoms with van der Waals surface area (Å²) in [5.74, 6) is 0.00429. The Hall–Kier alpha value is -0.650. The molecule has 0 saturated carbocycles. The van der Waals surface area contributed by atoms with Crippen LogP contribution in [0.2, 0.25) is 0 Å². The fraction of sp³-hybridized carbons (Fsp3) is 0.933. The van der Waals surface area contributed by atoms with Gasteiger partial charge in [0.05, 0.1) is 11.6 Å². The van der Waals surface area contributed by atoms with Gasteiger partial charge >= 0.3 is 0 Å². The molecule has 0 unspecified atom stereocenters. The third-order valence-corrected chi connectivity index (χ3v) is 4.15. The topological polar surface area (TPSA) is 55.8 Å². The van der Waals surface area contributed by atoms with Crippen LogP contribution in [0.25, 0.3) is 0 Å². The second-order valence-electron chi connectivity index (χ2n) is 6.85.